The Bertz CT molecular complexity index is 1090. The monoisotopic (exact) mass is 486 g/mol. The molecule has 3 rings (SSSR count). The molecule has 1 saturated heterocycles. The molecule has 0 spiro atoms. The Morgan fingerprint density at radius 1 is 1.03 bits per heavy atom. The van der Waals surface area contributed by atoms with Gasteiger partial charge >= 0.3 is 0 Å². The van der Waals surface area contributed by atoms with Crippen LogP contribution in [0.2, 0.25) is 5.02 Å². The van der Waals surface area contributed by atoms with Crippen LogP contribution in [0.25, 0.3) is 5.76 Å². The molecule has 0 bridgehead atoms. The second-order valence-electron chi connectivity index (χ2n) is 7.94. The van der Waals surface area contributed by atoms with Crippen LogP contribution in [0.15, 0.2) is 42.0 Å². The number of aliphatic hydroxyl groups is 1. The molecule has 1 aliphatic rings. The molecule has 1 atom stereocenters. The molecule has 2 aromatic carbocycles. The normalized spacial score (nSPS) is 17.2. The number of carbonyl (C=O) groups is 2. The van der Waals surface area contributed by atoms with Crippen molar-refractivity contribution in [2.75, 3.05) is 38.8 Å². The zero-order valence-corrected chi connectivity index (χ0v) is 21.0. The molecule has 8 heteroatoms. The van der Waals surface area contributed by atoms with Gasteiger partial charge < -0.3 is 24.4 Å². The first-order chi connectivity index (χ1) is 16.3. The van der Waals surface area contributed by atoms with E-state index in [4.69, 9.17) is 21.1 Å². The summed E-state index contributed by atoms with van der Waals surface area (Å²) in [6.45, 7) is 8.21. The van der Waals surface area contributed by atoms with Crippen LogP contribution in [0.3, 0.4) is 0 Å². The third-order valence-corrected chi connectivity index (χ3v) is 6.37. The van der Waals surface area contributed by atoms with Gasteiger partial charge in [0.1, 0.15) is 17.3 Å². The van der Waals surface area contributed by atoms with Gasteiger partial charge in [0.25, 0.3) is 11.7 Å². The average Bonchev–Trinajstić information content (AvgIpc) is 3.09. The molecule has 0 radical (unpaired) electrons. The number of aliphatic hydroxyl groups excluding tert-OH is 1. The molecular weight excluding hydrogens is 456 g/mol. The van der Waals surface area contributed by atoms with E-state index >= 15 is 0 Å². The SMILES string of the molecule is CCCN1C(=O)C(=O)/C(=C(/O)c2cc(OC)c(Cl)cc2OC)C1c1ccc(N(CC)CC)cc1. The predicted octanol–water partition coefficient (Wildman–Crippen LogP) is 5.04. The van der Waals surface area contributed by atoms with Crippen molar-refractivity contribution in [3.8, 4) is 11.5 Å². The number of halogens is 1. The van der Waals surface area contributed by atoms with E-state index in [1.807, 2.05) is 31.2 Å². The smallest absolute Gasteiger partial charge is 0.295 e. The molecule has 182 valence electrons. The Balaban J connectivity index is 2.21. The minimum absolute atomic E-state index is 0.0108. The Labute approximate surface area is 205 Å². The van der Waals surface area contributed by atoms with Crippen LogP contribution in [0.1, 0.15) is 44.4 Å². The number of methoxy groups -OCH3 is 2. The lowest BCUT2D eigenvalue weighted by atomic mass is 9.94. The lowest BCUT2D eigenvalue weighted by Crippen LogP contribution is -2.30. The zero-order chi connectivity index (χ0) is 25.0. The van der Waals surface area contributed by atoms with E-state index in [0.717, 1.165) is 24.3 Å². The van der Waals surface area contributed by atoms with Gasteiger partial charge in [0.05, 0.1) is 36.4 Å². The number of anilines is 1. The first-order valence-electron chi connectivity index (χ1n) is 11.4. The van der Waals surface area contributed by atoms with E-state index in [2.05, 4.69) is 18.7 Å². The predicted molar refractivity (Wildman–Crippen MR) is 134 cm³/mol. The maximum Gasteiger partial charge on any atom is 0.295 e. The highest BCUT2D eigenvalue weighted by atomic mass is 35.5. The molecule has 1 fully saturated rings. The molecule has 0 aliphatic carbocycles. The summed E-state index contributed by atoms with van der Waals surface area (Å²) in [4.78, 5) is 29.9. The van der Waals surface area contributed by atoms with Gasteiger partial charge in [-0.05, 0) is 44.0 Å². The van der Waals surface area contributed by atoms with Crippen LogP contribution < -0.4 is 14.4 Å². The molecule has 1 heterocycles. The summed E-state index contributed by atoms with van der Waals surface area (Å²) >= 11 is 6.21. The number of ketones is 1. The molecule has 2 aromatic rings. The number of carbonyl (C=O) groups excluding carboxylic acids is 2. The molecule has 7 nitrogen and oxygen atoms in total. The quantitative estimate of drug-likeness (QED) is 0.304. The molecule has 1 N–H and O–H groups in total. The molecule has 1 amide bonds. The van der Waals surface area contributed by atoms with Gasteiger partial charge in [-0.3, -0.25) is 9.59 Å². The number of benzene rings is 2. The number of hydrogen-bond donors (Lipinski definition) is 1. The second-order valence-corrected chi connectivity index (χ2v) is 8.35. The molecule has 0 saturated carbocycles. The average molecular weight is 487 g/mol. The number of rotatable bonds is 9. The van der Waals surface area contributed by atoms with Crippen molar-refractivity contribution in [1.82, 2.24) is 4.90 Å². The van der Waals surface area contributed by atoms with Gasteiger partial charge in [-0.1, -0.05) is 30.7 Å². The fourth-order valence-electron chi connectivity index (χ4n) is 4.34. The summed E-state index contributed by atoms with van der Waals surface area (Å²) in [7, 11) is 2.89. The Hall–Kier alpha value is -3.19. The van der Waals surface area contributed by atoms with Crippen LogP contribution >= 0.6 is 11.6 Å². The van der Waals surface area contributed by atoms with Crippen LogP contribution in [-0.4, -0.2) is 55.6 Å². The minimum atomic E-state index is -0.736. The minimum Gasteiger partial charge on any atom is -0.507 e. The maximum absolute atomic E-state index is 13.2. The maximum atomic E-state index is 13.2. The summed E-state index contributed by atoms with van der Waals surface area (Å²) < 4.78 is 10.7. The standard InChI is InChI=1S/C26H31ClN2O5/c1-6-13-29-23(16-9-11-17(12-10-16)28(7-2)8-3)22(25(31)26(29)32)24(30)18-14-21(34-5)19(27)15-20(18)33-4/h9-12,14-15,23,30H,6-8,13H2,1-5H3/b24-22+. The highest BCUT2D eigenvalue weighted by Gasteiger charge is 2.46. The van der Waals surface area contributed by atoms with Crippen molar-refractivity contribution < 1.29 is 24.2 Å². The molecular formula is C26H31ClN2O5. The lowest BCUT2D eigenvalue weighted by molar-refractivity contribution is -0.139. The summed E-state index contributed by atoms with van der Waals surface area (Å²) in [5, 5.41) is 11.7. The first kappa shape index (κ1) is 25.4. The van der Waals surface area contributed by atoms with Crippen LogP contribution in [0.5, 0.6) is 11.5 Å². The zero-order valence-electron chi connectivity index (χ0n) is 20.2. The van der Waals surface area contributed by atoms with Gasteiger partial charge in [0, 0.05) is 31.4 Å². The topological polar surface area (TPSA) is 79.3 Å². The van der Waals surface area contributed by atoms with E-state index in [1.165, 1.54) is 31.3 Å². The van der Waals surface area contributed by atoms with Crippen LogP contribution in [0, 0.1) is 0 Å². The van der Waals surface area contributed by atoms with Gasteiger partial charge in [0.2, 0.25) is 0 Å². The van der Waals surface area contributed by atoms with Gasteiger partial charge in [0.15, 0.2) is 0 Å². The van der Waals surface area contributed by atoms with Gasteiger partial charge in [-0.15, -0.1) is 0 Å². The van der Waals surface area contributed by atoms with Gasteiger partial charge in [-0.2, -0.15) is 0 Å². The second kappa shape index (κ2) is 10.8. The Morgan fingerprint density at radius 3 is 2.18 bits per heavy atom. The number of amides is 1. The van der Waals surface area contributed by atoms with E-state index in [0.29, 0.717) is 23.7 Å². The van der Waals surface area contributed by atoms with Crippen molar-refractivity contribution in [3.63, 3.8) is 0 Å². The van der Waals surface area contributed by atoms with Gasteiger partial charge in [-0.25, -0.2) is 0 Å². The number of Topliss-reactive ketones (excluding diaryl/α,β-unsaturated/α-hetero) is 1. The fraction of sp³-hybridized carbons (Fsp3) is 0.385. The number of nitrogens with zero attached hydrogens (tertiary/aromatic N) is 2. The summed E-state index contributed by atoms with van der Waals surface area (Å²) in [6, 6.07) is 10.0. The summed E-state index contributed by atoms with van der Waals surface area (Å²) in [5.41, 5.74) is 2.02. The number of hydrogen-bond acceptors (Lipinski definition) is 6. The lowest BCUT2D eigenvalue weighted by Gasteiger charge is -2.26. The molecule has 34 heavy (non-hydrogen) atoms. The van der Waals surface area contributed by atoms with Crippen molar-refractivity contribution in [2.24, 2.45) is 0 Å². The van der Waals surface area contributed by atoms with Crippen molar-refractivity contribution >= 4 is 34.7 Å². The van der Waals surface area contributed by atoms with Crippen molar-refractivity contribution in [1.29, 1.82) is 0 Å². The first-order valence-corrected chi connectivity index (χ1v) is 11.8. The molecule has 1 aliphatic heterocycles. The van der Waals surface area contributed by atoms with Crippen LogP contribution in [-0.2, 0) is 9.59 Å². The highest BCUT2D eigenvalue weighted by Crippen LogP contribution is 2.43. The third-order valence-electron chi connectivity index (χ3n) is 6.07. The molecule has 0 aromatic heterocycles. The van der Waals surface area contributed by atoms with Crippen molar-refractivity contribution in [3.05, 3.63) is 58.1 Å². The Kier molecular flexibility index (Phi) is 8.10. The Morgan fingerprint density at radius 2 is 1.65 bits per heavy atom. The third kappa shape index (κ3) is 4.57. The van der Waals surface area contributed by atoms with Crippen molar-refractivity contribution in [2.45, 2.75) is 33.2 Å². The van der Waals surface area contributed by atoms with Crippen LogP contribution in [0.4, 0.5) is 5.69 Å². The highest BCUT2D eigenvalue weighted by molar-refractivity contribution is 6.46. The largest absolute Gasteiger partial charge is 0.507 e. The number of likely N-dealkylation sites (tertiary alicyclic amines) is 1. The molecule has 1 unspecified atom stereocenters. The van der Waals surface area contributed by atoms with E-state index in [-0.39, 0.29) is 22.6 Å². The fourth-order valence-corrected chi connectivity index (χ4v) is 4.58. The van der Waals surface area contributed by atoms with E-state index < -0.39 is 17.7 Å². The number of ether oxygens (including phenoxy) is 2. The summed E-state index contributed by atoms with van der Waals surface area (Å²) in [5.74, 6) is -1.13. The van der Waals surface area contributed by atoms with E-state index in [9.17, 15) is 14.7 Å². The summed E-state index contributed by atoms with van der Waals surface area (Å²) in [6.07, 6.45) is 0.666. The van der Waals surface area contributed by atoms with E-state index in [1.54, 1.807) is 0 Å².